The number of carbonyl (C=O) groups is 1. The summed E-state index contributed by atoms with van der Waals surface area (Å²) in [5.41, 5.74) is 0.760. The van der Waals surface area contributed by atoms with Crippen LogP contribution in [0.3, 0.4) is 0 Å². The van der Waals surface area contributed by atoms with Crippen LogP contribution in [0.5, 0.6) is 5.75 Å². The number of anilines is 1. The molecule has 112 valence electrons. The van der Waals surface area contributed by atoms with E-state index in [1.54, 1.807) is 25.3 Å². The van der Waals surface area contributed by atoms with Crippen LogP contribution in [0.1, 0.15) is 19.8 Å². The van der Waals surface area contributed by atoms with E-state index < -0.39 is 0 Å². The van der Waals surface area contributed by atoms with Gasteiger partial charge in [0.25, 0.3) is 0 Å². The highest BCUT2D eigenvalue weighted by Crippen LogP contribution is 2.27. The third-order valence-corrected chi connectivity index (χ3v) is 3.03. The third kappa shape index (κ3) is 5.67. The number of aliphatic hydroxyl groups excluding tert-OH is 1. The molecule has 1 aromatic rings. The fraction of sp³-hybridized carbons (Fsp3) is 0.500. The van der Waals surface area contributed by atoms with Crippen molar-refractivity contribution in [1.29, 1.82) is 0 Å². The van der Waals surface area contributed by atoms with Crippen LogP contribution >= 0.6 is 11.6 Å². The van der Waals surface area contributed by atoms with Crippen molar-refractivity contribution in [3.8, 4) is 5.75 Å². The average Bonchev–Trinajstić information content (AvgIpc) is 2.39. The SMILES string of the molecule is COc1ccc(Cl)cc1NCCC(=O)N[C@H](C)CCO. The third-order valence-electron chi connectivity index (χ3n) is 2.80. The fourth-order valence-corrected chi connectivity index (χ4v) is 1.91. The number of methoxy groups -OCH3 is 1. The molecule has 0 aliphatic carbocycles. The van der Waals surface area contributed by atoms with E-state index in [-0.39, 0.29) is 18.6 Å². The molecule has 0 fully saturated rings. The molecule has 0 saturated carbocycles. The van der Waals surface area contributed by atoms with Crippen molar-refractivity contribution in [3.63, 3.8) is 0 Å². The molecule has 20 heavy (non-hydrogen) atoms. The van der Waals surface area contributed by atoms with Crippen LogP contribution < -0.4 is 15.4 Å². The maximum absolute atomic E-state index is 11.6. The second kappa shape index (κ2) is 8.66. The minimum Gasteiger partial charge on any atom is -0.495 e. The van der Waals surface area contributed by atoms with Gasteiger partial charge in [-0.05, 0) is 31.5 Å². The van der Waals surface area contributed by atoms with Crippen molar-refractivity contribution >= 4 is 23.2 Å². The number of amides is 1. The van der Waals surface area contributed by atoms with Crippen LogP contribution in [-0.2, 0) is 4.79 Å². The van der Waals surface area contributed by atoms with Crippen LogP contribution in [0.25, 0.3) is 0 Å². The Morgan fingerprint density at radius 3 is 2.90 bits per heavy atom. The molecule has 1 rings (SSSR count). The number of nitrogens with one attached hydrogen (secondary N) is 2. The van der Waals surface area contributed by atoms with Gasteiger partial charge in [-0.3, -0.25) is 4.79 Å². The van der Waals surface area contributed by atoms with E-state index >= 15 is 0 Å². The number of hydrogen-bond donors (Lipinski definition) is 3. The number of ether oxygens (including phenoxy) is 1. The lowest BCUT2D eigenvalue weighted by molar-refractivity contribution is -0.121. The zero-order chi connectivity index (χ0) is 15.0. The monoisotopic (exact) mass is 300 g/mol. The predicted molar refractivity (Wildman–Crippen MR) is 80.4 cm³/mol. The van der Waals surface area contributed by atoms with E-state index in [1.807, 2.05) is 6.92 Å². The van der Waals surface area contributed by atoms with Gasteiger partial charge in [-0.1, -0.05) is 11.6 Å². The lowest BCUT2D eigenvalue weighted by Crippen LogP contribution is -2.34. The van der Waals surface area contributed by atoms with Crippen molar-refractivity contribution in [1.82, 2.24) is 5.32 Å². The van der Waals surface area contributed by atoms with Gasteiger partial charge >= 0.3 is 0 Å². The van der Waals surface area contributed by atoms with E-state index in [2.05, 4.69) is 10.6 Å². The van der Waals surface area contributed by atoms with Gasteiger partial charge in [0.2, 0.25) is 5.91 Å². The molecule has 0 spiro atoms. The predicted octanol–water partition coefficient (Wildman–Crippen LogP) is 2.04. The van der Waals surface area contributed by atoms with Gasteiger partial charge in [0, 0.05) is 30.6 Å². The molecule has 1 amide bonds. The number of halogens is 1. The van der Waals surface area contributed by atoms with Crippen LogP contribution in [0.15, 0.2) is 18.2 Å². The molecule has 1 atom stereocenters. The maximum Gasteiger partial charge on any atom is 0.221 e. The number of carbonyl (C=O) groups excluding carboxylic acids is 1. The minimum absolute atomic E-state index is 0.0202. The van der Waals surface area contributed by atoms with E-state index in [1.165, 1.54) is 0 Å². The Balaban J connectivity index is 2.40. The summed E-state index contributed by atoms with van der Waals surface area (Å²) >= 11 is 5.92. The molecular formula is C14H21ClN2O3. The van der Waals surface area contributed by atoms with Gasteiger partial charge in [-0.15, -0.1) is 0 Å². The Morgan fingerprint density at radius 2 is 2.25 bits per heavy atom. The Labute approximate surface area is 124 Å². The zero-order valence-electron chi connectivity index (χ0n) is 11.8. The molecular weight excluding hydrogens is 280 g/mol. The number of rotatable bonds is 8. The van der Waals surface area contributed by atoms with Crippen LogP contribution in [0.4, 0.5) is 5.69 Å². The standard InChI is InChI=1S/C14H21ClN2O3/c1-10(6-8-18)17-14(19)5-7-16-12-9-11(15)3-4-13(12)20-2/h3-4,9-10,16,18H,5-8H2,1-2H3,(H,17,19)/t10-/m1/s1. The topological polar surface area (TPSA) is 70.6 Å². The van der Waals surface area contributed by atoms with Crippen LogP contribution in [-0.4, -0.2) is 37.3 Å². The van der Waals surface area contributed by atoms with Crippen molar-refractivity contribution in [2.75, 3.05) is 25.6 Å². The average molecular weight is 301 g/mol. The summed E-state index contributed by atoms with van der Waals surface area (Å²) in [6, 6.07) is 5.25. The lowest BCUT2D eigenvalue weighted by Gasteiger charge is -2.14. The molecule has 1 aromatic carbocycles. The van der Waals surface area contributed by atoms with Crippen molar-refractivity contribution in [2.24, 2.45) is 0 Å². The summed E-state index contributed by atoms with van der Waals surface area (Å²) in [7, 11) is 1.58. The molecule has 0 bridgehead atoms. The zero-order valence-corrected chi connectivity index (χ0v) is 12.5. The second-order valence-electron chi connectivity index (χ2n) is 4.50. The van der Waals surface area contributed by atoms with E-state index in [0.717, 1.165) is 5.69 Å². The van der Waals surface area contributed by atoms with Crippen LogP contribution in [0.2, 0.25) is 5.02 Å². The molecule has 0 radical (unpaired) electrons. The Kier molecular flexibility index (Phi) is 7.18. The molecule has 0 heterocycles. The highest BCUT2D eigenvalue weighted by molar-refractivity contribution is 6.30. The van der Waals surface area contributed by atoms with E-state index in [4.69, 9.17) is 21.4 Å². The molecule has 0 aliphatic rings. The maximum atomic E-state index is 11.6. The smallest absolute Gasteiger partial charge is 0.221 e. The van der Waals surface area contributed by atoms with Crippen molar-refractivity contribution < 1.29 is 14.6 Å². The molecule has 0 saturated heterocycles. The Hall–Kier alpha value is -1.46. The number of aliphatic hydroxyl groups is 1. The lowest BCUT2D eigenvalue weighted by atomic mass is 10.2. The van der Waals surface area contributed by atoms with Crippen molar-refractivity contribution in [3.05, 3.63) is 23.2 Å². The minimum atomic E-state index is -0.0561. The number of benzene rings is 1. The Bertz CT molecular complexity index is 440. The van der Waals surface area contributed by atoms with Crippen molar-refractivity contribution in [2.45, 2.75) is 25.8 Å². The quantitative estimate of drug-likeness (QED) is 0.687. The van der Waals surface area contributed by atoms with Gasteiger partial charge in [-0.2, -0.15) is 0 Å². The molecule has 0 aromatic heterocycles. The van der Waals surface area contributed by atoms with Gasteiger partial charge in [-0.25, -0.2) is 0 Å². The first kappa shape index (κ1) is 16.6. The normalized spacial score (nSPS) is 11.8. The molecule has 0 aliphatic heterocycles. The van der Waals surface area contributed by atoms with Gasteiger partial charge in [0.05, 0.1) is 12.8 Å². The summed E-state index contributed by atoms with van der Waals surface area (Å²) in [5.74, 6) is 0.628. The first-order valence-electron chi connectivity index (χ1n) is 6.54. The van der Waals surface area contributed by atoms with E-state index in [9.17, 15) is 4.79 Å². The second-order valence-corrected chi connectivity index (χ2v) is 4.94. The molecule has 3 N–H and O–H groups in total. The largest absolute Gasteiger partial charge is 0.495 e. The molecule has 5 nitrogen and oxygen atoms in total. The first-order valence-corrected chi connectivity index (χ1v) is 6.92. The summed E-state index contributed by atoms with van der Waals surface area (Å²) in [6.45, 7) is 2.41. The Morgan fingerprint density at radius 1 is 1.50 bits per heavy atom. The van der Waals surface area contributed by atoms with E-state index in [0.29, 0.717) is 30.2 Å². The van der Waals surface area contributed by atoms with Gasteiger partial charge < -0.3 is 20.5 Å². The number of hydrogen-bond acceptors (Lipinski definition) is 4. The summed E-state index contributed by atoms with van der Waals surface area (Å²) in [6.07, 6.45) is 0.896. The van der Waals surface area contributed by atoms with Gasteiger partial charge in [0.1, 0.15) is 5.75 Å². The fourth-order valence-electron chi connectivity index (χ4n) is 1.74. The first-order chi connectivity index (χ1) is 9.56. The molecule has 6 heteroatoms. The highest BCUT2D eigenvalue weighted by atomic mass is 35.5. The summed E-state index contributed by atoms with van der Waals surface area (Å²) < 4.78 is 5.20. The molecule has 0 unspecified atom stereocenters. The van der Waals surface area contributed by atoms with Crippen LogP contribution in [0, 0.1) is 0 Å². The summed E-state index contributed by atoms with van der Waals surface area (Å²) in [4.78, 5) is 11.6. The highest BCUT2D eigenvalue weighted by Gasteiger charge is 2.08. The summed E-state index contributed by atoms with van der Waals surface area (Å²) in [5, 5.41) is 15.3. The van der Waals surface area contributed by atoms with Gasteiger partial charge in [0.15, 0.2) is 0 Å².